The monoisotopic (exact) mass is 305 g/mol. The highest BCUT2D eigenvalue weighted by Crippen LogP contribution is 2.22. The fourth-order valence-corrected chi connectivity index (χ4v) is 2.66. The number of nitrogens with one attached hydrogen (secondary N) is 1. The SMILES string of the molecule is CC(C)(C)CC[C@H](NCc1ccc2c(c1)COCC2)C(=O)O. The molecule has 1 heterocycles. The molecule has 0 amide bonds. The van der Waals surface area contributed by atoms with E-state index >= 15 is 0 Å². The molecule has 0 saturated heterocycles. The van der Waals surface area contributed by atoms with Crippen LogP contribution in [-0.2, 0) is 29.1 Å². The van der Waals surface area contributed by atoms with Crippen molar-refractivity contribution in [2.75, 3.05) is 6.61 Å². The summed E-state index contributed by atoms with van der Waals surface area (Å²) in [7, 11) is 0. The molecular formula is C18H27NO3. The van der Waals surface area contributed by atoms with Gasteiger partial charge in [0.1, 0.15) is 6.04 Å². The molecule has 1 aromatic rings. The van der Waals surface area contributed by atoms with Crippen LogP contribution >= 0.6 is 0 Å². The number of carbonyl (C=O) groups is 1. The molecular weight excluding hydrogens is 278 g/mol. The highest BCUT2D eigenvalue weighted by molar-refractivity contribution is 5.73. The Morgan fingerprint density at radius 3 is 2.82 bits per heavy atom. The highest BCUT2D eigenvalue weighted by Gasteiger charge is 2.20. The van der Waals surface area contributed by atoms with Crippen molar-refractivity contribution in [1.82, 2.24) is 5.32 Å². The van der Waals surface area contributed by atoms with Crippen LogP contribution in [0.3, 0.4) is 0 Å². The van der Waals surface area contributed by atoms with Gasteiger partial charge in [0.05, 0.1) is 13.2 Å². The Bertz CT molecular complexity index is 520. The second kappa shape index (κ2) is 7.25. The Labute approximate surface area is 132 Å². The Hall–Kier alpha value is -1.39. The summed E-state index contributed by atoms with van der Waals surface area (Å²) in [4.78, 5) is 11.4. The second-order valence-corrected chi connectivity index (χ2v) is 7.28. The number of aliphatic carboxylic acids is 1. The molecule has 122 valence electrons. The summed E-state index contributed by atoms with van der Waals surface area (Å²) in [5.41, 5.74) is 3.84. The van der Waals surface area contributed by atoms with Gasteiger partial charge in [-0.2, -0.15) is 0 Å². The van der Waals surface area contributed by atoms with Gasteiger partial charge >= 0.3 is 5.97 Å². The quantitative estimate of drug-likeness (QED) is 0.848. The molecule has 4 nitrogen and oxygen atoms in total. The van der Waals surface area contributed by atoms with Gasteiger partial charge < -0.3 is 15.2 Å². The third-order valence-corrected chi connectivity index (χ3v) is 4.08. The lowest BCUT2D eigenvalue weighted by Crippen LogP contribution is -2.37. The van der Waals surface area contributed by atoms with Crippen molar-refractivity contribution in [3.63, 3.8) is 0 Å². The standard InChI is InChI=1S/C18H27NO3/c1-18(2,3)8-6-16(17(20)21)19-11-13-4-5-14-7-9-22-12-15(14)10-13/h4-5,10,16,19H,6-9,11-12H2,1-3H3,(H,20,21)/t16-/m0/s1. The maximum Gasteiger partial charge on any atom is 0.320 e. The van der Waals surface area contributed by atoms with Crippen molar-refractivity contribution in [3.05, 3.63) is 34.9 Å². The van der Waals surface area contributed by atoms with Crippen molar-refractivity contribution >= 4 is 5.97 Å². The van der Waals surface area contributed by atoms with Gasteiger partial charge in [0.15, 0.2) is 0 Å². The Morgan fingerprint density at radius 1 is 1.36 bits per heavy atom. The smallest absolute Gasteiger partial charge is 0.320 e. The molecule has 0 radical (unpaired) electrons. The fourth-order valence-electron chi connectivity index (χ4n) is 2.66. The minimum absolute atomic E-state index is 0.151. The van der Waals surface area contributed by atoms with Crippen LogP contribution in [-0.4, -0.2) is 23.7 Å². The Balaban J connectivity index is 1.93. The molecule has 2 rings (SSSR count). The molecule has 4 heteroatoms. The van der Waals surface area contributed by atoms with Crippen LogP contribution in [0.5, 0.6) is 0 Å². The molecule has 0 spiro atoms. The number of hydrogen-bond donors (Lipinski definition) is 2. The number of fused-ring (bicyclic) bond motifs is 1. The van der Waals surface area contributed by atoms with Gasteiger partial charge in [-0.05, 0) is 41.4 Å². The lowest BCUT2D eigenvalue weighted by Gasteiger charge is -2.22. The molecule has 0 bridgehead atoms. The van der Waals surface area contributed by atoms with E-state index in [0.717, 1.165) is 25.0 Å². The summed E-state index contributed by atoms with van der Waals surface area (Å²) in [6.45, 7) is 8.43. The van der Waals surface area contributed by atoms with Crippen LogP contribution in [0, 0.1) is 5.41 Å². The third kappa shape index (κ3) is 5.11. The fraction of sp³-hybridized carbons (Fsp3) is 0.611. The molecule has 1 atom stereocenters. The van der Waals surface area contributed by atoms with Crippen LogP contribution in [0.15, 0.2) is 18.2 Å². The topological polar surface area (TPSA) is 58.6 Å². The lowest BCUT2D eigenvalue weighted by molar-refractivity contribution is -0.139. The molecule has 22 heavy (non-hydrogen) atoms. The van der Waals surface area contributed by atoms with Crippen LogP contribution in [0.1, 0.15) is 50.3 Å². The Kier molecular flexibility index (Phi) is 5.59. The maximum absolute atomic E-state index is 11.4. The first-order chi connectivity index (χ1) is 10.3. The zero-order valence-corrected chi connectivity index (χ0v) is 13.8. The summed E-state index contributed by atoms with van der Waals surface area (Å²) < 4.78 is 5.48. The van der Waals surface area contributed by atoms with Gasteiger partial charge in [-0.3, -0.25) is 4.79 Å². The average Bonchev–Trinajstić information content (AvgIpc) is 2.45. The van der Waals surface area contributed by atoms with Gasteiger partial charge in [0, 0.05) is 6.54 Å². The molecule has 0 unspecified atom stereocenters. The lowest BCUT2D eigenvalue weighted by atomic mass is 9.88. The van der Waals surface area contributed by atoms with Gasteiger partial charge in [0.2, 0.25) is 0 Å². The molecule has 0 aromatic heterocycles. The number of ether oxygens (including phenoxy) is 1. The van der Waals surface area contributed by atoms with E-state index in [1.165, 1.54) is 11.1 Å². The maximum atomic E-state index is 11.4. The third-order valence-electron chi connectivity index (χ3n) is 4.08. The number of rotatable bonds is 6. The normalized spacial score (nSPS) is 16.1. The van der Waals surface area contributed by atoms with Crippen molar-refractivity contribution in [2.45, 2.75) is 59.2 Å². The van der Waals surface area contributed by atoms with Gasteiger partial charge in [0.25, 0.3) is 0 Å². The first-order valence-corrected chi connectivity index (χ1v) is 8.00. The van der Waals surface area contributed by atoms with E-state index in [1.807, 2.05) is 0 Å². The largest absolute Gasteiger partial charge is 0.480 e. The van der Waals surface area contributed by atoms with E-state index in [2.05, 4.69) is 44.3 Å². The molecule has 1 aromatic carbocycles. The van der Waals surface area contributed by atoms with Gasteiger partial charge in [-0.25, -0.2) is 0 Å². The van der Waals surface area contributed by atoms with E-state index in [1.54, 1.807) is 0 Å². The molecule has 0 fully saturated rings. The predicted octanol–water partition coefficient (Wildman–Crippen LogP) is 3.13. The zero-order chi connectivity index (χ0) is 16.2. The predicted molar refractivity (Wildman–Crippen MR) is 86.8 cm³/mol. The molecule has 1 aliphatic heterocycles. The zero-order valence-electron chi connectivity index (χ0n) is 13.8. The number of carboxylic acids is 1. The summed E-state index contributed by atoms with van der Waals surface area (Å²) >= 11 is 0. The summed E-state index contributed by atoms with van der Waals surface area (Å²) in [6, 6.07) is 5.86. The van der Waals surface area contributed by atoms with E-state index in [4.69, 9.17) is 4.74 Å². The highest BCUT2D eigenvalue weighted by atomic mass is 16.5. The molecule has 0 aliphatic carbocycles. The summed E-state index contributed by atoms with van der Waals surface area (Å²) in [5, 5.41) is 12.5. The summed E-state index contributed by atoms with van der Waals surface area (Å²) in [5.74, 6) is -0.773. The average molecular weight is 305 g/mol. The number of hydrogen-bond acceptors (Lipinski definition) is 3. The van der Waals surface area contributed by atoms with Crippen LogP contribution < -0.4 is 5.32 Å². The van der Waals surface area contributed by atoms with E-state index in [9.17, 15) is 9.90 Å². The van der Waals surface area contributed by atoms with Gasteiger partial charge in [-0.15, -0.1) is 0 Å². The van der Waals surface area contributed by atoms with E-state index < -0.39 is 12.0 Å². The first-order valence-electron chi connectivity index (χ1n) is 8.00. The van der Waals surface area contributed by atoms with Crippen molar-refractivity contribution in [1.29, 1.82) is 0 Å². The van der Waals surface area contributed by atoms with Gasteiger partial charge in [-0.1, -0.05) is 39.0 Å². The molecule has 1 aliphatic rings. The van der Waals surface area contributed by atoms with Crippen LogP contribution in [0.2, 0.25) is 0 Å². The summed E-state index contributed by atoms with van der Waals surface area (Å²) in [6.07, 6.45) is 2.49. The van der Waals surface area contributed by atoms with Crippen molar-refractivity contribution in [3.8, 4) is 0 Å². The second-order valence-electron chi connectivity index (χ2n) is 7.28. The van der Waals surface area contributed by atoms with E-state index in [-0.39, 0.29) is 5.41 Å². The Morgan fingerprint density at radius 2 is 2.14 bits per heavy atom. The number of benzene rings is 1. The van der Waals surface area contributed by atoms with Crippen LogP contribution in [0.25, 0.3) is 0 Å². The molecule has 2 N–H and O–H groups in total. The first kappa shape index (κ1) is 17.0. The number of carboxylic acid groups (broad SMARTS) is 1. The minimum Gasteiger partial charge on any atom is -0.480 e. The van der Waals surface area contributed by atoms with Crippen molar-refractivity contribution in [2.24, 2.45) is 5.41 Å². The van der Waals surface area contributed by atoms with Crippen LogP contribution in [0.4, 0.5) is 0 Å². The molecule has 0 saturated carbocycles. The minimum atomic E-state index is -0.773. The van der Waals surface area contributed by atoms with E-state index in [0.29, 0.717) is 19.6 Å². The van der Waals surface area contributed by atoms with Crippen molar-refractivity contribution < 1.29 is 14.6 Å².